The summed E-state index contributed by atoms with van der Waals surface area (Å²) in [6.07, 6.45) is 0.415. The first kappa shape index (κ1) is 14.2. The van der Waals surface area contributed by atoms with E-state index >= 15 is 0 Å². The number of amides is 1. The molecule has 0 saturated heterocycles. The Kier molecular flexibility index (Phi) is 4.03. The van der Waals surface area contributed by atoms with Crippen LogP contribution in [0.4, 0.5) is 0 Å². The van der Waals surface area contributed by atoms with E-state index in [2.05, 4.69) is 39.9 Å². The standard InChI is InChI=1S/C16H16N2OS2/c1-10-15(21-11(2)18-10)8-16(19)17-9-12-3-4-14-13(7-12)5-6-20-14/h3-7H,8-9H2,1-2H3,(H,17,19). The van der Waals surface area contributed by atoms with Gasteiger partial charge in [0.2, 0.25) is 5.91 Å². The van der Waals surface area contributed by atoms with Gasteiger partial charge < -0.3 is 5.32 Å². The van der Waals surface area contributed by atoms with Gasteiger partial charge in [0.1, 0.15) is 0 Å². The SMILES string of the molecule is Cc1nc(C)c(CC(=O)NCc2ccc3sccc3c2)s1. The fourth-order valence-corrected chi connectivity index (χ4v) is 3.98. The van der Waals surface area contributed by atoms with Gasteiger partial charge in [0.15, 0.2) is 0 Å². The maximum atomic E-state index is 12.0. The Morgan fingerprint density at radius 2 is 2.14 bits per heavy atom. The minimum atomic E-state index is 0.0483. The van der Waals surface area contributed by atoms with Crippen LogP contribution in [-0.2, 0) is 17.8 Å². The smallest absolute Gasteiger partial charge is 0.225 e. The lowest BCUT2D eigenvalue weighted by molar-refractivity contribution is -0.120. The Bertz CT molecular complexity index is 789. The Hall–Kier alpha value is -1.72. The molecule has 21 heavy (non-hydrogen) atoms. The van der Waals surface area contributed by atoms with Crippen molar-refractivity contribution in [3.8, 4) is 0 Å². The molecule has 3 nitrogen and oxygen atoms in total. The lowest BCUT2D eigenvalue weighted by Crippen LogP contribution is -2.24. The molecule has 1 amide bonds. The number of aromatic nitrogens is 1. The molecule has 0 bridgehead atoms. The van der Waals surface area contributed by atoms with E-state index in [0.29, 0.717) is 13.0 Å². The molecular weight excluding hydrogens is 300 g/mol. The van der Waals surface area contributed by atoms with Crippen LogP contribution in [-0.4, -0.2) is 10.9 Å². The van der Waals surface area contributed by atoms with Gasteiger partial charge in [-0.3, -0.25) is 4.79 Å². The first-order valence-corrected chi connectivity index (χ1v) is 8.47. The van der Waals surface area contributed by atoms with Crippen LogP contribution in [0.2, 0.25) is 0 Å². The van der Waals surface area contributed by atoms with Crippen molar-refractivity contribution in [3.05, 3.63) is 50.8 Å². The van der Waals surface area contributed by atoms with Crippen LogP contribution in [0.25, 0.3) is 10.1 Å². The third kappa shape index (κ3) is 3.31. The fourth-order valence-electron chi connectivity index (χ4n) is 2.27. The number of hydrogen-bond acceptors (Lipinski definition) is 4. The zero-order valence-electron chi connectivity index (χ0n) is 12.0. The van der Waals surface area contributed by atoms with E-state index in [0.717, 1.165) is 21.1 Å². The van der Waals surface area contributed by atoms with Gasteiger partial charge in [0, 0.05) is 16.1 Å². The van der Waals surface area contributed by atoms with E-state index in [1.165, 1.54) is 10.1 Å². The maximum absolute atomic E-state index is 12.0. The van der Waals surface area contributed by atoms with Crippen LogP contribution in [0.1, 0.15) is 21.1 Å². The molecule has 0 fully saturated rings. The number of fused-ring (bicyclic) bond motifs is 1. The zero-order chi connectivity index (χ0) is 14.8. The number of nitrogens with zero attached hydrogens (tertiary/aromatic N) is 1. The van der Waals surface area contributed by atoms with E-state index in [1.54, 1.807) is 22.7 Å². The molecule has 0 saturated carbocycles. The lowest BCUT2D eigenvalue weighted by atomic mass is 10.1. The molecule has 3 aromatic rings. The molecule has 3 rings (SSSR count). The Morgan fingerprint density at radius 3 is 2.90 bits per heavy atom. The fraction of sp³-hybridized carbons (Fsp3) is 0.250. The summed E-state index contributed by atoms with van der Waals surface area (Å²) in [6, 6.07) is 8.42. The van der Waals surface area contributed by atoms with Gasteiger partial charge in [-0.05, 0) is 48.4 Å². The molecule has 5 heteroatoms. The normalized spacial score (nSPS) is 11.0. The Morgan fingerprint density at radius 1 is 1.29 bits per heavy atom. The predicted octanol–water partition coefficient (Wildman–Crippen LogP) is 3.83. The molecule has 0 spiro atoms. The summed E-state index contributed by atoms with van der Waals surface area (Å²) in [7, 11) is 0. The van der Waals surface area contributed by atoms with Crippen molar-refractivity contribution >= 4 is 38.7 Å². The second kappa shape index (κ2) is 5.95. The Labute approximate surface area is 131 Å². The first-order valence-electron chi connectivity index (χ1n) is 6.77. The number of carbonyl (C=O) groups excluding carboxylic acids is 1. The van der Waals surface area contributed by atoms with Gasteiger partial charge in [-0.25, -0.2) is 4.98 Å². The summed E-state index contributed by atoms with van der Waals surface area (Å²) in [4.78, 5) is 17.4. The summed E-state index contributed by atoms with van der Waals surface area (Å²) in [5.74, 6) is 0.0483. The minimum absolute atomic E-state index is 0.0483. The maximum Gasteiger partial charge on any atom is 0.225 e. The summed E-state index contributed by atoms with van der Waals surface area (Å²) < 4.78 is 1.28. The molecule has 1 N–H and O–H groups in total. The van der Waals surface area contributed by atoms with Crippen molar-refractivity contribution in [1.29, 1.82) is 0 Å². The molecule has 0 atom stereocenters. The van der Waals surface area contributed by atoms with Gasteiger partial charge in [0.05, 0.1) is 17.1 Å². The highest BCUT2D eigenvalue weighted by atomic mass is 32.1. The summed E-state index contributed by atoms with van der Waals surface area (Å²) in [6.45, 7) is 4.49. The summed E-state index contributed by atoms with van der Waals surface area (Å²) >= 11 is 3.33. The monoisotopic (exact) mass is 316 g/mol. The second-order valence-corrected chi connectivity index (χ2v) is 7.22. The third-order valence-electron chi connectivity index (χ3n) is 3.33. The van der Waals surface area contributed by atoms with Crippen molar-refractivity contribution in [2.45, 2.75) is 26.8 Å². The van der Waals surface area contributed by atoms with Crippen LogP contribution in [0.15, 0.2) is 29.6 Å². The number of benzene rings is 1. The Balaban J connectivity index is 1.61. The predicted molar refractivity (Wildman–Crippen MR) is 89.0 cm³/mol. The van der Waals surface area contributed by atoms with Crippen LogP contribution in [0.5, 0.6) is 0 Å². The van der Waals surface area contributed by atoms with E-state index in [4.69, 9.17) is 0 Å². The van der Waals surface area contributed by atoms with Crippen LogP contribution >= 0.6 is 22.7 Å². The molecule has 0 aliphatic rings. The molecule has 108 valence electrons. The second-order valence-electron chi connectivity index (χ2n) is 4.99. The van der Waals surface area contributed by atoms with E-state index in [1.807, 2.05) is 13.8 Å². The van der Waals surface area contributed by atoms with Gasteiger partial charge in [-0.2, -0.15) is 0 Å². The molecule has 1 aromatic carbocycles. The highest BCUT2D eigenvalue weighted by Gasteiger charge is 2.10. The largest absolute Gasteiger partial charge is 0.352 e. The quantitative estimate of drug-likeness (QED) is 0.795. The number of hydrogen-bond donors (Lipinski definition) is 1. The third-order valence-corrected chi connectivity index (χ3v) is 5.30. The van der Waals surface area contributed by atoms with Gasteiger partial charge >= 0.3 is 0 Å². The molecule has 0 unspecified atom stereocenters. The molecular formula is C16H16N2OS2. The van der Waals surface area contributed by atoms with Crippen LogP contribution < -0.4 is 5.32 Å². The van der Waals surface area contributed by atoms with Crippen molar-refractivity contribution in [1.82, 2.24) is 10.3 Å². The number of nitrogens with one attached hydrogen (secondary N) is 1. The lowest BCUT2D eigenvalue weighted by Gasteiger charge is -2.05. The number of thiazole rings is 1. The van der Waals surface area contributed by atoms with Crippen molar-refractivity contribution < 1.29 is 4.79 Å². The van der Waals surface area contributed by atoms with Gasteiger partial charge in [-0.15, -0.1) is 22.7 Å². The average molecular weight is 316 g/mol. The first-order chi connectivity index (χ1) is 10.1. The van der Waals surface area contributed by atoms with E-state index < -0.39 is 0 Å². The molecule has 0 aliphatic carbocycles. The molecule has 2 aromatic heterocycles. The zero-order valence-corrected chi connectivity index (χ0v) is 13.6. The molecule has 2 heterocycles. The van der Waals surface area contributed by atoms with Crippen molar-refractivity contribution in [3.63, 3.8) is 0 Å². The summed E-state index contributed by atoms with van der Waals surface area (Å²) in [5.41, 5.74) is 2.10. The molecule has 0 radical (unpaired) electrons. The average Bonchev–Trinajstić information content (AvgIpc) is 3.02. The van der Waals surface area contributed by atoms with Gasteiger partial charge in [-0.1, -0.05) is 6.07 Å². The number of carbonyl (C=O) groups is 1. The van der Waals surface area contributed by atoms with Gasteiger partial charge in [0.25, 0.3) is 0 Å². The minimum Gasteiger partial charge on any atom is -0.352 e. The van der Waals surface area contributed by atoms with Crippen molar-refractivity contribution in [2.24, 2.45) is 0 Å². The van der Waals surface area contributed by atoms with Crippen LogP contribution in [0, 0.1) is 13.8 Å². The van der Waals surface area contributed by atoms with Crippen molar-refractivity contribution in [2.75, 3.05) is 0 Å². The topological polar surface area (TPSA) is 42.0 Å². The highest BCUT2D eigenvalue weighted by Crippen LogP contribution is 2.22. The number of rotatable bonds is 4. The highest BCUT2D eigenvalue weighted by molar-refractivity contribution is 7.17. The summed E-state index contributed by atoms with van der Waals surface area (Å²) in [5, 5.41) is 7.32. The van der Waals surface area contributed by atoms with Crippen LogP contribution in [0.3, 0.4) is 0 Å². The number of aryl methyl sites for hydroxylation is 2. The number of thiophene rings is 1. The van der Waals surface area contributed by atoms with E-state index in [9.17, 15) is 4.79 Å². The van der Waals surface area contributed by atoms with E-state index in [-0.39, 0.29) is 5.91 Å². The molecule has 0 aliphatic heterocycles.